The number of fused-ring (bicyclic) bond motifs is 1. The van der Waals surface area contributed by atoms with E-state index in [1.807, 2.05) is 31.3 Å². The van der Waals surface area contributed by atoms with Gasteiger partial charge in [0.15, 0.2) is 0 Å². The maximum atomic E-state index is 8.34. The van der Waals surface area contributed by atoms with Crippen LogP contribution in [-0.2, 0) is 7.05 Å². The van der Waals surface area contributed by atoms with E-state index < -0.39 is 25.4 Å². The second-order valence-corrected chi connectivity index (χ2v) is 4.04. The average molecular weight is 254 g/mol. The van der Waals surface area contributed by atoms with E-state index in [9.17, 15) is 0 Å². The van der Waals surface area contributed by atoms with Gasteiger partial charge in [0.05, 0.1) is 30.9 Å². The largest absolute Gasteiger partial charge is 0.394 e. The van der Waals surface area contributed by atoms with Gasteiger partial charge in [-0.25, -0.2) is 4.68 Å². The van der Waals surface area contributed by atoms with Crippen LogP contribution in [0.5, 0.6) is 0 Å². The lowest BCUT2D eigenvalue weighted by Crippen LogP contribution is -2.50. The fourth-order valence-corrected chi connectivity index (χ4v) is 1.14. The number of aromatic nitrogens is 3. The number of aryl methyl sites for hydroxylation is 1. The van der Waals surface area contributed by atoms with Gasteiger partial charge in [0.25, 0.3) is 0 Å². The molecule has 0 aliphatic carbocycles. The lowest BCUT2D eigenvalue weighted by molar-refractivity contribution is 0.0698. The summed E-state index contributed by atoms with van der Waals surface area (Å²) in [4.78, 5) is 0. The highest BCUT2D eigenvalue weighted by Crippen LogP contribution is 2.06. The van der Waals surface area contributed by atoms with Crippen LogP contribution >= 0.6 is 0 Å². The van der Waals surface area contributed by atoms with E-state index in [1.54, 1.807) is 4.68 Å². The number of hydrogen-bond donors (Lipinski definition) is 4. The van der Waals surface area contributed by atoms with Gasteiger partial charge in [-0.2, -0.15) is 0 Å². The van der Waals surface area contributed by atoms with Crippen LogP contribution in [0.4, 0.5) is 0 Å². The van der Waals surface area contributed by atoms with Crippen LogP contribution in [-0.4, -0.2) is 55.7 Å². The van der Waals surface area contributed by atoms with Gasteiger partial charge in [0.2, 0.25) is 0 Å². The van der Waals surface area contributed by atoms with Crippen LogP contribution in [0, 0.1) is 0 Å². The zero-order chi connectivity index (χ0) is 13.6. The molecule has 0 aliphatic heterocycles. The molecule has 18 heavy (non-hydrogen) atoms. The quantitative estimate of drug-likeness (QED) is 0.537. The van der Waals surface area contributed by atoms with E-state index >= 15 is 0 Å². The van der Waals surface area contributed by atoms with Crippen molar-refractivity contribution in [2.45, 2.75) is 5.54 Å². The first kappa shape index (κ1) is 14.5. The van der Waals surface area contributed by atoms with Crippen molar-refractivity contribution in [2.75, 3.05) is 19.8 Å². The molecule has 0 aliphatic rings. The molecule has 2 rings (SSSR count). The van der Waals surface area contributed by atoms with Crippen LogP contribution in [0.1, 0.15) is 0 Å². The van der Waals surface area contributed by atoms with Crippen molar-refractivity contribution >= 4 is 11.0 Å². The van der Waals surface area contributed by atoms with Crippen LogP contribution in [0.25, 0.3) is 11.0 Å². The van der Waals surface area contributed by atoms with E-state index in [0.717, 1.165) is 11.0 Å². The van der Waals surface area contributed by atoms with Gasteiger partial charge < -0.3 is 21.1 Å². The summed E-state index contributed by atoms with van der Waals surface area (Å²) < 4.78 is 1.76. The highest BCUT2D eigenvalue weighted by molar-refractivity contribution is 5.73. The summed E-state index contributed by atoms with van der Waals surface area (Å²) in [5, 5.41) is 32.8. The number of nitrogens with zero attached hydrogens (tertiary/aromatic N) is 3. The topological polar surface area (TPSA) is 117 Å². The van der Waals surface area contributed by atoms with Gasteiger partial charge in [0.1, 0.15) is 5.52 Å². The third kappa shape index (κ3) is 3.47. The van der Waals surface area contributed by atoms with E-state index in [-0.39, 0.29) is 0 Å². The minimum atomic E-state index is -1.21. The molecule has 1 aromatic heterocycles. The molecular formula is C11H18N4O3. The maximum Gasteiger partial charge on any atom is 0.113 e. The number of benzene rings is 1. The summed E-state index contributed by atoms with van der Waals surface area (Å²) in [6, 6.07) is 7.88. The SMILES string of the molecule is Cn1nnc2ccccc21.NC(CO)(CO)CO. The Morgan fingerprint density at radius 3 is 2.17 bits per heavy atom. The molecule has 0 unspecified atom stereocenters. The Hall–Kier alpha value is -1.54. The Labute approximate surface area is 104 Å². The molecule has 0 fully saturated rings. The molecule has 1 aromatic carbocycles. The molecule has 0 spiro atoms. The number of aliphatic hydroxyl groups is 3. The number of rotatable bonds is 3. The second-order valence-electron chi connectivity index (χ2n) is 4.04. The molecule has 2 aromatic rings. The van der Waals surface area contributed by atoms with Crippen LogP contribution in [0.2, 0.25) is 0 Å². The highest BCUT2D eigenvalue weighted by Gasteiger charge is 2.20. The molecule has 1 heterocycles. The minimum Gasteiger partial charge on any atom is -0.394 e. The lowest BCUT2D eigenvalue weighted by atomic mass is 10.1. The molecule has 100 valence electrons. The standard InChI is InChI=1S/C7H7N3.C4H11NO3/c1-10-7-5-3-2-4-6(7)8-9-10;5-4(1-6,2-7)3-8/h2-5H,1H3;6-8H,1-3,5H2. The Morgan fingerprint density at radius 2 is 1.72 bits per heavy atom. The Balaban J connectivity index is 0.000000187. The van der Waals surface area contributed by atoms with Gasteiger partial charge in [-0.3, -0.25) is 0 Å². The summed E-state index contributed by atoms with van der Waals surface area (Å²) in [6.07, 6.45) is 0. The monoisotopic (exact) mass is 254 g/mol. The van der Waals surface area contributed by atoms with Crippen LogP contribution in [0.15, 0.2) is 24.3 Å². The van der Waals surface area contributed by atoms with E-state index in [4.69, 9.17) is 21.1 Å². The Bertz CT molecular complexity index is 474. The second kappa shape index (κ2) is 6.41. The van der Waals surface area contributed by atoms with E-state index in [0.29, 0.717) is 0 Å². The van der Waals surface area contributed by atoms with Crippen molar-refractivity contribution in [2.24, 2.45) is 12.8 Å². The highest BCUT2D eigenvalue weighted by atomic mass is 16.3. The summed E-state index contributed by atoms with van der Waals surface area (Å²) in [5.41, 5.74) is 5.96. The molecule has 0 atom stereocenters. The fraction of sp³-hybridized carbons (Fsp3) is 0.455. The van der Waals surface area contributed by atoms with E-state index in [1.165, 1.54) is 0 Å². The summed E-state index contributed by atoms with van der Waals surface area (Å²) in [6.45, 7) is -1.21. The zero-order valence-corrected chi connectivity index (χ0v) is 10.2. The third-order valence-corrected chi connectivity index (χ3v) is 2.46. The molecule has 7 nitrogen and oxygen atoms in total. The number of aliphatic hydroxyl groups excluding tert-OH is 3. The van der Waals surface area contributed by atoms with Gasteiger partial charge >= 0.3 is 0 Å². The predicted octanol–water partition coefficient (Wildman–Crippen LogP) is -1.37. The average Bonchev–Trinajstić information content (AvgIpc) is 2.81. The molecule has 0 bridgehead atoms. The minimum absolute atomic E-state index is 0.403. The third-order valence-electron chi connectivity index (χ3n) is 2.46. The van der Waals surface area contributed by atoms with E-state index in [2.05, 4.69) is 10.3 Å². The van der Waals surface area contributed by atoms with Gasteiger partial charge in [-0.1, -0.05) is 17.3 Å². The summed E-state index contributed by atoms with van der Waals surface area (Å²) in [5.74, 6) is 0. The Morgan fingerprint density at radius 1 is 1.17 bits per heavy atom. The first-order chi connectivity index (χ1) is 8.56. The normalized spacial score (nSPS) is 11.2. The number of hydrogen-bond acceptors (Lipinski definition) is 6. The van der Waals surface area contributed by atoms with Gasteiger partial charge in [0, 0.05) is 7.05 Å². The first-order valence-corrected chi connectivity index (χ1v) is 5.42. The van der Waals surface area contributed by atoms with Crippen molar-refractivity contribution < 1.29 is 15.3 Å². The number of para-hydroxylation sites is 1. The lowest BCUT2D eigenvalue weighted by Gasteiger charge is -2.20. The van der Waals surface area contributed by atoms with Gasteiger partial charge in [-0.15, -0.1) is 5.10 Å². The molecule has 0 saturated carbocycles. The summed E-state index contributed by atoms with van der Waals surface area (Å²) in [7, 11) is 1.88. The fourth-order valence-electron chi connectivity index (χ4n) is 1.14. The Kier molecular flexibility index (Phi) is 5.17. The van der Waals surface area contributed by atoms with Crippen LogP contribution in [0.3, 0.4) is 0 Å². The van der Waals surface area contributed by atoms with Crippen molar-refractivity contribution in [3.8, 4) is 0 Å². The molecule has 0 radical (unpaired) electrons. The summed E-state index contributed by atoms with van der Waals surface area (Å²) >= 11 is 0. The van der Waals surface area contributed by atoms with Crippen molar-refractivity contribution in [3.05, 3.63) is 24.3 Å². The van der Waals surface area contributed by atoms with Crippen LogP contribution < -0.4 is 5.73 Å². The van der Waals surface area contributed by atoms with Gasteiger partial charge in [-0.05, 0) is 12.1 Å². The van der Waals surface area contributed by atoms with Crippen molar-refractivity contribution in [1.82, 2.24) is 15.0 Å². The zero-order valence-electron chi connectivity index (χ0n) is 10.2. The molecule has 7 heteroatoms. The van der Waals surface area contributed by atoms with Crippen molar-refractivity contribution in [3.63, 3.8) is 0 Å². The molecule has 0 saturated heterocycles. The molecule has 0 amide bonds. The smallest absolute Gasteiger partial charge is 0.113 e. The predicted molar refractivity (Wildman–Crippen MR) is 66.7 cm³/mol. The number of nitrogens with two attached hydrogens (primary N) is 1. The first-order valence-electron chi connectivity index (χ1n) is 5.42. The molecule has 5 N–H and O–H groups in total. The van der Waals surface area contributed by atoms with Crippen molar-refractivity contribution in [1.29, 1.82) is 0 Å². The maximum absolute atomic E-state index is 8.34. The molecular weight excluding hydrogens is 236 g/mol.